The van der Waals surface area contributed by atoms with Crippen molar-refractivity contribution in [3.8, 4) is 17.3 Å². The van der Waals surface area contributed by atoms with E-state index < -0.39 is 0 Å². The Bertz CT molecular complexity index is 1190. The van der Waals surface area contributed by atoms with E-state index in [4.69, 9.17) is 4.42 Å². The zero-order valence-corrected chi connectivity index (χ0v) is 13.3. The molecule has 4 heterocycles. The third kappa shape index (κ3) is 1.70. The molecule has 5 rings (SSSR count). The van der Waals surface area contributed by atoms with E-state index in [0.717, 1.165) is 39.1 Å². The summed E-state index contributed by atoms with van der Waals surface area (Å²) in [6.45, 7) is 0. The number of hydrogen-bond donors (Lipinski definition) is 1. The summed E-state index contributed by atoms with van der Waals surface area (Å²) in [5, 5.41) is 2.18. The molecule has 0 aliphatic heterocycles. The first-order valence-corrected chi connectivity index (χ1v) is 7.68. The first-order chi connectivity index (χ1) is 11.7. The van der Waals surface area contributed by atoms with Gasteiger partial charge >= 0.3 is 0 Å². The lowest BCUT2D eigenvalue weighted by molar-refractivity contribution is -0.674. The molecule has 0 saturated heterocycles. The Morgan fingerprint density at radius 2 is 2.12 bits per heavy atom. The van der Waals surface area contributed by atoms with Crippen molar-refractivity contribution in [1.82, 2.24) is 19.1 Å². The molecule has 6 heteroatoms. The number of aromatic nitrogens is 5. The van der Waals surface area contributed by atoms with Gasteiger partial charge in [-0.3, -0.25) is 4.57 Å². The summed E-state index contributed by atoms with van der Waals surface area (Å²) in [7, 11) is 3.93. The van der Waals surface area contributed by atoms with Crippen LogP contribution >= 0.6 is 0 Å². The van der Waals surface area contributed by atoms with Crippen molar-refractivity contribution < 1.29 is 8.98 Å². The summed E-state index contributed by atoms with van der Waals surface area (Å²) in [4.78, 5) is 8.00. The average Bonchev–Trinajstić information content (AvgIpc) is 3.31. The smallest absolute Gasteiger partial charge is 0.245 e. The first kappa shape index (κ1) is 13.2. The summed E-state index contributed by atoms with van der Waals surface area (Å²) >= 11 is 0. The number of nitrogens with zero attached hydrogens (tertiary/aromatic N) is 4. The number of H-pyrrole nitrogens is 1. The van der Waals surface area contributed by atoms with Crippen LogP contribution in [0.1, 0.15) is 0 Å². The van der Waals surface area contributed by atoms with E-state index in [2.05, 4.69) is 28.4 Å². The van der Waals surface area contributed by atoms with E-state index in [1.54, 1.807) is 6.26 Å². The second-order valence-electron chi connectivity index (χ2n) is 5.92. The van der Waals surface area contributed by atoms with Crippen molar-refractivity contribution in [3.05, 3.63) is 55.6 Å². The normalized spacial score (nSPS) is 11.8. The topological polar surface area (TPSA) is 55.6 Å². The van der Waals surface area contributed by atoms with Gasteiger partial charge in [0.2, 0.25) is 12.2 Å². The first-order valence-electron chi connectivity index (χ1n) is 7.68. The third-order valence-electron chi connectivity index (χ3n) is 4.36. The highest BCUT2D eigenvalue weighted by atomic mass is 16.3. The lowest BCUT2D eigenvalue weighted by Crippen LogP contribution is -2.24. The van der Waals surface area contributed by atoms with Gasteiger partial charge < -0.3 is 18.5 Å². The fraction of sp³-hybridized carbons (Fsp3) is 0.111. The third-order valence-corrected chi connectivity index (χ3v) is 4.36. The molecule has 0 fully saturated rings. The maximum absolute atomic E-state index is 5.78. The highest BCUT2D eigenvalue weighted by Crippen LogP contribution is 2.35. The summed E-state index contributed by atoms with van der Waals surface area (Å²) < 4.78 is 11.5. The summed E-state index contributed by atoms with van der Waals surface area (Å²) in [5.74, 6) is 1.66. The number of furan rings is 1. The molecule has 0 amide bonds. The molecule has 0 spiro atoms. The number of benzene rings is 1. The fourth-order valence-electron chi connectivity index (χ4n) is 3.21. The average molecular weight is 317 g/mol. The fourth-order valence-corrected chi connectivity index (χ4v) is 3.21. The standard InChI is InChI=1S/C18H15N5O/c1-21-8-9-23(11-21)18-16-14(10-24-18)12-4-3-5-13(15(12)20-16)17-19-6-7-22(17)2/h3-10,20H,1-2H3. The van der Waals surface area contributed by atoms with Crippen LogP contribution in [-0.4, -0.2) is 19.1 Å². The molecule has 1 aromatic carbocycles. The van der Waals surface area contributed by atoms with E-state index >= 15 is 0 Å². The molecule has 0 aliphatic rings. The number of imidazole rings is 2. The van der Waals surface area contributed by atoms with E-state index in [9.17, 15) is 0 Å². The van der Waals surface area contributed by atoms with Crippen molar-refractivity contribution >= 4 is 21.8 Å². The Balaban J connectivity index is 1.82. The molecule has 0 bridgehead atoms. The Morgan fingerprint density at radius 1 is 1.21 bits per heavy atom. The molecule has 0 aliphatic carbocycles. The van der Waals surface area contributed by atoms with Crippen LogP contribution < -0.4 is 4.57 Å². The number of nitrogens with one attached hydrogen (secondary N) is 1. The van der Waals surface area contributed by atoms with Crippen molar-refractivity contribution in [3.63, 3.8) is 0 Å². The number of aromatic amines is 1. The van der Waals surface area contributed by atoms with Crippen molar-refractivity contribution in [2.24, 2.45) is 14.1 Å². The summed E-state index contributed by atoms with van der Waals surface area (Å²) in [6.07, 6.45) is 12.6. The van der Waals surface area contributed by atoms with Crippen molar-refractivity contribution in [2.75, 3.05) is 0 Å². The molecular weight excluding hydrogens is 302 g/mol. The van der Waals surface area contributed by atoms with Gasteiger partial charge in [-0.05, 0) is 6.07 Å². The van der Waals surface area contributed by atoms with Gasteiger partial charge in [0.25, 0.3) is 0 Å². The van der Waals surface area contributed by atoms with Crippen LogP contribution in [0.5, 0.6) is 0 Å². The minimum absolute atomic E-state index is 0.729. The minimum atomic E-state index is 0.729. The molecule has 24 heavy (non-hydrogen) atoms. The molecule has 5 aromatic rings. The maximum atomic E-state index is 5.78. The van der Waals surface area contributed by atoms with Gasteiger partial charge in [-0.15, -0.1) is 0 Å². The number of rotatable bonds is 2. The molecule has 0 atom stereocenters. The minimum Gasteiger partial charge on any atom is -0.472 e. The van der Waals surface area contributed by atoms with Crippen LogP contribution in [-0.2, 0) is 14.1 Å². The van der Waals surface area contributed by atoms with Crippen LogP contribution in [0.3, 0.4) is 0 Å². The second-order valence-corrected chi connectivity index (χ2v) is 5.92. The molecule has 0 saturated carbocycles. The zero-order chi connectivity index (χ0) is 16.3. The molecular formula is C18H15N5O. The highest BCUT2D eigenvalue weighted by Gasteiger charge is 2.17. The van der Waals surface area contributed by atoms with Gasteiger partial charge in [0, 0.05) is 48.2 Å². The van der Waals surface area contributed by atoms with Crippen molar-refractivity contribution in [1.29, 1.82) is 0 Å². The van der Waals surface area contributed by atoms with E-state index in [1.165, 1.54) is 0 Å². The van der Waals surface area contributed by atoms with Gasteiger partial charge in [-0.2, -0.15) is 0 Å². The maximum Gasteiger partial charge on any atom is 0.245 e. The Kier molecular flexibility index (Phi) is 2.53. The van der Waals surface area contributed by atoms with E-state index in [-0.39, 0.29) is 0 Å². The van der Waals surface area contributed by atoms with Gasteiger partial charge in [-0.25, -0.2) is 4.98 Å². The second kappa shape index (κ2) is 4.61. The van der Waals surface area contributed by atoms with Crippen LogP contribution in [0.4, 0.5) is 0 Å². The van der Waals surface area contributed by atoms with Crippen LogP contribution in [0.25, 0.3) is 39.1 Å². The molecule has 118 valence electrons. The molecule has 0 unspecified atom stereocenters. The largest absolute Gasteiger partial charge is 0.472 e. The van der Waals surface area contributed by atoms with Crippen molar-refractivity contribution in [2.45, 2.75) is 0 Å². The predicted molar refractivity (Wildman–Crippen MR) is 89.6 cm³/mol. The lowest BCUT2D eigenvalue weighted by Gasteiger charge is -2.03. The number of fused-ring (bicyclic) bond motifs is 3. The van der Waals surface area contributed by atoms with Gasteiger partial charge in [0.15, 0.2) is 0 Å². The Morgan fingerprint density at radius 3 is 2.88 bits per heavy atom. The zero-order valence-electron chi connectivity index (χ0n) is 13.3. The number of hydrogen-bond acceptors (Lipinski definition) is 2. The van der Waals surface area contributed by atoms with Gasteiger partial charge in [0.1, 0.15) is 5.82 Å². The highest BCUT2D eigenvalue weighted by molar-refractivity contribution is 6.12. The number of para-hydroxylation sites is 1. The van der Waals surface area contributed by atoms with Crippen LogP contribution in [0.15, 0.2) is 53.7 Å². The Hall–Kier alpha value is -3.28. The predicted octanol–water partition coefficient (Wildman–Crippen LogP) is 2.73. The molecule has 0 radical (unpaired) electrons. The summed E-state index contributed by atoms with van der Waals surface area (Å²) in [5.41, 5.74) is 3.09. The van der Waals surface area contributed by atoms with E-state index in [1.807, 2.05) is 58.7 Å². The summed E-state index contributed by atoms with van der Waals surface area (Å²) in [6, 6.07) is 6.23. The molecule has 6 nitrogen and oxygen atoms in total. The van der Waals surface area contributed by atoms with Gasteiger partial charge in [-0.1, -0.05) is 12.1 Å². The quantitative estimate of drug-likeness (QED) is 0.402. The molecule has 1 N–H and O–H groups in total. The SMILES string of the molecule is Cn1ccnc1-c1cccc2c1[nH]c1c(-n3[c-][n+](C)cc3)occ12. The lowest BCUT2D eigenvalue weighted by atomic mass is 10.1. The van der Waals surface area contributed by atoms with Crippen LogP contribution in [0.2, 0.25) is 0 Å². The monoisotopic (exact) mass is 317 g/mol. The Labute approximate surface area is 137 Å². The molecule has 4 aromatic heterocycles. The van der Waals surface area contributed by atoms with Crippen LogP contribution in [0, 0.1) is 6.33 Å². The van der Waals surface area contributed by atoms with Gasteiger partial charge in [0.05, 0.1) is 24.3 Å². The van der Waals surface area contributed by atoms with E-state index in [0.29, 0.717) is 0 Å². The number of aryl methyl sites for hydroxylation is 2.